The number of hydrogen-bond donors (Lipinski definition) is 2. The summed E-state index contributed by atoms with van der Waals surface area (Å²) in [7, 11) is 1.52. The van der Waals surface area contributed by atoms with E-state index in [-0.39, 0.29) is 36.2 Å². The monoisotopic (exact) mass is 415 g/mol. The van der Waals surface area contributed by atoms with Crippen molar-refractivity contribution in [1.82, 2.24) is 4.90 Å². The van der Waals surface area contributed by atoms with Gasteiger partial charge in [-0.25, -0.2) is 4.39 Å². The number of aromatic hydroxyl groups is 1. The third-order valence-corrected chi connectivity index (χ3v) is 6.60. The molecular formula is C23H26FNO5. The molecule has 0 radical (unpaired) electrons. The molecule has 2 saturated heterocycles. The number of likely N-dealkylation sites (tertiary alicyclic amines) is 1. The average molecular weight is 415 g/mol. The fourth-order valence-electron chi connectivity index (χ4n) is 5.10. The Morgan fingerprint density at radius 1 is 1.30 bits per heavy atom. The summed E-state index contributed by atoms with van der Waals surface area (Å²) in [6.45, 7) is 2.19. The maximum atomic E-state index is 13.5. The molecule has 0 aromatic heterocycles. The summed E-state index contributed by atoms with van der Waals surface area (Å²) in [5, 5.41) is 19.2. The normalized spacial score (nSPS) is 28.9. The van der Waals surface area contributed by atoms with Crippen molar-refractivity contribution in [2.75, 3.05) is 20.3 Å². The van der Waals surface area contributed by atoms with Crippen LogP contribution in [0, 0.1) is 23.6 Å². The molecule has 1 aliphatic carbocycles. The number of hydrogen-bond acceptors (Lipinski definition) is 5. The quantitative estimate of drug-likeness (QED) is 0.570. The number of amides is 2. The number of halogens is 1. The Bertz CT molecular complexity index is 953. The summed E-state index contributed by atoms with van der Waals surface area (Å²) >= 11 is 0. The van der Waals surface area contributed by atoms with Crippen LogP contribution in [0.15, 0.2) is 34.9 Å². The number of phenolic OH excluding ortho intramolecular Hbond substituents is 1. The van der Waals surface area contributed by atoms with Crippen LogP contribution in [0.2, 0.25) is 0 Å². The molecule has 2 heterocycles. The van der Waals surface area contributed by atoms with Crippen molar-refractivity contribution in [3.05, 3.63) is 46.3 Å². The van der Waals surface area contributed by atoms with E-state index in [0.29, 0.717) is 31.4 Å². The summed E-state index contributed by atoms with van der Waals surface area (Å²) in [5.74, 6) is -2.31. The first-order chi connectivity index (χ1) is 14.3. The Labute approximate surface area is 174 Å². The highest BCUT2D eigenvalue weighted by molar-refractivity contribution is 6.05. The van der Waals surface area contributed by atoms with E-state index in [0.717, 1.165) is 16.7 Å². The lowest BCUT2D eigenvalue weighted by Gasteiger charge is -2.31. The molecule has 4 rings (SSSR count). The fraction of sp³-hybridized carbons (Fsp3) is 0.478. The van der Waals surface area contributed by atoms with Crippen molar-refractivity contribution in [2.45, 2.75) is 32.3 Å². The summed E-state index contributed by atoms with van der Waals surface area (Å²) in [4.78, 5) is 26.3. The van der Waals surface area contributed by atoms with Gasteiger partial charge in [0, 0.05) is 13.0 Å². The molecule has 7 heteroatoms. The Hall–Kier alpha value is -2.51. The number of benzene rings is 1. The molecule has 2 aliphatic heterocycles. The van der Waals surface area contributed by atoms with Gasteiger partial charge in [0.05, 0.1) is 31.2 Å². The molecule has 6 nitrogen and oxygen atoms in total. The first-order valence-electron chi connectivity index (χ1n) is 10.2. The maximum absolute atomic E-state index is 13.5. The van der Waals surface area contributed by atoms with Crippen molar-refractivity contribution in [3.8, 4) is 5.75 Å². The molecule has 0 bridgehead atoms. The van der Waals surface area contributed by atoms with Crippen molar-refractivity contribution >= 4 is 17.9 Å². The van der Waals surface area contributed by atoms with E-state index in [1.165, 1.54) is 24.1 Å². The first-order valence-corrected chi connectivity index (χ1v) is 10.2. The topological polar surface area (TPSA) is 87.1 Å². The minimum Gasteiger partial charge on any atom is -0.505 e. The number of fused-ring (bicyclic) bond motifs is 3. The van der Waals surface area contributed by atoms with Gasteiger partial charge in [0.2, 0.25) is 11.8 Å². The van der Waals surface area contributed by atoms with Gasteiger partial charge in [0.1, 0.15) is 0 Å². The highest BCUT2D eigenvalue weighted by Gasteiger charge is 2.55. The predicted octanol–water partition coefficient (Wildman–Crippen LogP) is 2.65. The molecule has 2 fully saturated rings. The zero-order chi connectivity index (χ0) is 21.6. The first kappa shape index (κ1) is 20.8. The standard InChI is InChI=1S/C23H26FNO5/c1-12(7-13-4-5-18(27)17(24)8-13)3-6-19-20-14(10-26)9-15-21(16(20)11-30-19)23(29)25(2)22(15)28/h4-5,7-8,15-16,19,21,26-27H,3,6,9-11H2,1-2H3/b12-7+/t15-,16+,19-,21-/m1/s1. The van der Waals surface area contributed by atoms with E-state index in [4.69, 9.17) is 4.74 Å². The van der Waals surface area contributed by atoms with Crippen molar-refractivity contribution in [1.29, 1.82) is 0 Å². The zero-order valence-electron chi connectivity index (χ0n) is 17.1. The lowest BCUT2D eigenvalue weighted by Crippen LogP contribution is -2.34. The number of imide groups is 1. The second-order valence-corrected chi connectivity index (χ2v) is 8.46. The van der Waals surface area contributed by atoms with Gasteiger partial charge < -0.3 is 14.9 Å². The van der Waals surface area contributed by atoms with E-state index < -0.39 is 17.7 Å². The molecule has 2 amide bonds. The lowest BCUT2D eigenvalue weighted by atomic mass is 9.69. The van der Waals surface area contributed by atoms with Crippen LogP contribution in [-0.4, -0.2) is 53.3 Å². The van der Waals surface area contributed by atoms with Crippen LogP contribution in [0.3, 0.4) is 0 Å². The molecule has 30 heavy (non-hydrogen) atoms. The van der Waals surface area contributed by atoms with E-state index in [1.54, 1.807) is 6.07 Å². The van der Waals surface area contributed by atoms with Gasteiger partial charge in [-0.05, 0) is 55.0 Å². The largest absolute Gasteiger partial charge is 0.505 e. The van der Waals surface area contributed by atoms with Crippen LogP contribution < -0.4 is 0 Å². The van der Waals surface area contributed by atoms with E-state index >= 15 is 0 Å². The molecule has 2 N–H and O–H groups in total. The summed E-state index contributed by atoms with van der Waals surface area (Å²) in [6, 6.07) is 4.26. The van der Waals surface area contributed by atoms with Gasteiger partial charge in [-0.3, -0.25) is 14.5 Å². The Morgan fingerprint density at radius 2 is 2.07 bits per heavy atom. The molecule has 0 saturated carbocycles. The minimum atomic E-state index is -0.659. The van der Waals surface area contributed by atoms with E-state index in [2.05, 4.69) is 0 Å². The van der Waals surface area contributed by atoms with Gasteiger partial charge in [-0.2, -0.15) is 0 Å². The molecular weight excluding hydrogens is 389 g/mol. The number of phenols is 1. The Balaban J connectivity index is 1.50. The highest BCUT2D eigenvalue weighted by atomic mass is 19.1. The van der Waals surface area contributed by atoms with Gasteiger partial charge in [0.15, 0.2) is 11.6 Å². The van der Waals surface area contributed by atoms with Gasteiger partial charge in [-0.15, -0.1) is 0 Å². The Kier molecular flexibility index (Phi) is 5.51. The number of nitrogens with zero attached hydrogens (tertiary/aromatic N) is 1. The molecule has 1 aromatic carbocycles. The highest BCUT2D eigenvalue weighted by Crippen LogP contribution is 2.49. The van der Waals surface area contributed by atoms with E-state index in [9.17, 15) is 24.2 Å². The smallest absolute Gasteiger partial charge is 0.233 e. The van der Waals surface area contributed by atoms with Gasteiger partial charge >= 0.3 is 0 Å². The van der Waals surface area contributed by atoms with Crippen molar-refractivity contribution in [3.63, 3.8) is 0 Å². The van der Waals surface area contributed by atoms with Gasteiger partial charge in [0.25, 0.3) is 0 Å². The van der Waals surface area contributed by atoms with Crippen LogP contribution >= 0.6 is 0 Å². The molecule has 3 aliphatic rings. The van der Waals surface area contributed by atoms with E-state index in [1.807, 2.05) is 13.0 Å². The third-order valence-electron chi connectivity index (χ3n) is 6.60. The molecule has 160 valence electrons. The molecule has 4 atom stereocenters. The molecule has 1 aromatic rings. The number of aliphatic hydroxyl groups excluding tert-OH is 1. The number of aliphatic hydroxyl groups is 1. The van der Waals surface area contributed by atoms with Crippen molar-refractivity contribution < 1.29 is 28.9 Å². The van der Waals surface area contributed by atoms with Crippen LogP contribution in [0.1, 0.15) is 31.7 Å². The SMILES string of the molecule is C/C(=C\c1ccc(O)c(F)c1)CC[C@H]1OC[C@H]2C1=C(CO)C[C@H]1C(=O)N(C)C(=O)[C@H]12. The van der Waals surface area contributed by atoms with Crippen LogP contribution in [0.5, 0.6) is 5.75 Å². The number of carbonyl (C=O) groups excluding carboxylic acids is 2. The molecule has 0 unspecified atom stereocenters. The van der Waals surface area contributed by atoms with Crippen molar-refractivity contribution in [2.24, 2.45) is 17.8 Å². The minimum absolute atomic E-state index is 0.137. The number of carbonyl (C=O) groups is 2. The summed E-state index contributed by atoms with van der Waals surface area (Å²) < 4.78 is 19.6. The summed E-state index contributed by atoms with van der Waals surface area (Å²) in [5.41, 5.74) is 3.50. The third kappa shape index (κ3) is 3.46. The number of allylic oxidation sites excluding steroid dienone is 1. The maximum Gasteiger partial charge on any atom is 0.233 e. The predicted molar refractivity (Wildman–Crippen MR) is 108 cm³/mol. The second-order valence-electron chi connectivity index (χ2n) is 8.46. The lowest BCUT2D eigenvalue weighted by molar-refractivity contribution is -0.138. The number of ether oxygens (including phenoxy) is 1. The fourth-order valence-corrected chi connectivity index (χ4v) is 5.10. The number of rotatable bonds is 5. The zero-order valence-corrected chi connectivity index (χ0v) is 17.1. The Morgan fingerprint density at radius 3 is 2.77 bits per heavy atom. The van der Waals surface area contributed by atoms with Crippen LogP contribution in [0.4, 0.5) is 4.39 Å². The average Bonchev–Trinajstić information content (AvgIpc) is 3.24. The van der Waals surface area contributed by atoms with Gasteiger partial charge in [-0.1, -0.05) is 17.7 Å². The summed E-state index contributed by atoms with van der Waals surface area (Å²) in [6.07, 6.45) is 3.44. The molecule has 0 spiro atoms. The van der Waals surface area contributed by atoms with Crippen LogP contribution in [-0.2, 0) is 14.3 Å². The second kappa shape index (κ2) is 7.96. The van der Waals surface area contributed by atoms with Crippen LogP contribution in [0.25, 0.3) is 6.08 Å².